The van der Waals surface area contributed by atoms with Crippen LogP contribution in [-0.4, -0.2) is 25.7 Å². The predicted octanol–water partition coefficient (Wildman–Crippen LogP) is 1.95. The Morgan fingerprint density at radius 3 is 2.30 bits per heavy atom. The third kappa shape index (κ3) is 4.15. The van der Waals surface area contributed by atoms with Crippen LogP contribution >= 0.6 is 0 Å². The summed E-state index contributed by atoms with van der Waals surface area (Å²) in [6.45, 7) is 5.90. The lowest BCUT2D eigenvalue weighted by Crippen LogP contribution is -2.23. The summed E-state index contributed by atoms with van der Waals surface area (Å²) in [6.07, 6.45) is 0.705. The summed E-state index contributed by atoms with van der Waals surface area (Å²) in [5.74, 6) is 1.16. The van der Waals surface area contributed by atoms with Crippen LogP contribution in [0.4, 0.5) is 0 Å². The molecule has 1 aromatic carbocycles. The highest BCUT2D eigenvalue weighted by Gasteiger charge is 2.17. The van der Waals surface area contributed by atoms with E-state index in [2.05, 4.69) is 20.2 Å². The molecule has 0 radical (unpaired) electrons. The molecule has 2 atom stereocenters. The standard InChI is InChI=1S/C15H22N4O3S/c1-5-14-18-19-15(22-14)11(3)17-10(2)12-6-8-13(9-7-12)23(20,21)16-4/h6-11,16-17H,5H2,1-4H3/t10-,11-/m1/s1. The summed E-state index contributed by atoms with van der Waals surface area (Å²) in [4.78, 5) is 0.244. The molecule has 23 heavy (non-hydrogen) atoms. The largest absolute Gasteiger partial charge is 0.424 e. The van der Waals surface area contributed by atoms with Gasteiger partial charge in [0.15, 0.2) is 0 Å². The molecule has 2 aromatic rings. The average molecular weight is 338 g/mol. The molecule has 0 aliphatic rings. The minimum absolute atomic E-state index is 0.00770. The highest BCUT2D eigenvalue weighted by molar-refractivity contribution is 7.89. The molecule has 0 amide bonds. The molecule has 0 spiro atoms. The zero-order chi connectivity index (χ0) is 17.0. The Kier molecular flexibility index (Phi) is 5.51. The Hall–Kier alpha value is -1.77. The van der Waals surface area contributed by atoms with E-state index in [0.29, 0.717) is 18.2 Å². The minimum atomic E-state index is -3.41. The van der Waals surface area contributed by atoms with Crippen molar-refractivity contribution in [3.63, 3.8) is 0 Å². The number of benzene rings is 1. The molecule has 8 heteroatoms. The molecule has 2 rings (SSSR count). The van der Waals surface area contributed by atoms with E-state index in [1.165, 1.54) is 7.05 Å². The molecule has 0 fully saturated rings. The maximum absolute atomic E-state index is 11.7. The molecule has 2 N–H and O–H groups in total. The first-order valence-electron chi connectivity index (χ1n) is 7.49. The van der Waals surface area contributed by atoms with Crippen molar-refractivity contribution in [2.45, 2.75) is 44.2 Å². The minimum Gasteiger partial charge on any atom is -0.424 e. The first-order chi connectivity index (χ1) is 10.9. The lowest BCUT2D eigenvalue weighted by atomic mass is 10.1. The fourth-order valence-corrected chi connectivity index (χ4v) is 2.91. The number of hydrogen-bond donors (Lipinski definition) is 2. The highest BCUT2D eigenvalue weighted by Crippen LogP contribution is 2.20. The van der Waals surface area contributed by atoms with Crippen molar-refractivity contribution in [1.82, 2.24) is 20.2 Å². The van der Waals surface area contributed by atoms with Gasteiger partial charge in [0, 0.05) is 12.5 Å². The predicted molar refractivity (Wildman–Crippen MR) is 86.3 cm³/mol. The van der Waals surface area contributed by atoms with Crippen molar-refractivity contribution >= 4 is 10.0 Å². The molecular weight excluding hydrogens is 316 g/mol. The zero-order valence-electron chi connectivity index (χ0n) is 13.7. The number of sulfonamides is 1. The van der Waals surface area contributed by atoms with E-state index in [0.717, 1.165) is 5.56 Å². The SMILES string of the molecule is CCc1nnc([C@@H](C)N[C@H](C)c2ccc(S(=O)(=O)NC)cc2)o1. The van der Waals surface area contributed by atoms with E-state index in [1.54, 1.807) is 24.3 Å². The molecule has 1 aromatic heterocycles. The van der Waals surface area contributed by atoms with Gasteiger partial charge in [0.1, 0.15) is 0 Å². The second kappa shape index (κ2) is 7.20. The Labute approximate surface area is 136 Å². The number of hydrogen-bond acceptors (Lipinski definition) is 6. The summed E-state index contributed by atoms with van der Waals surface area (Å²) >= 11 is 0. The van der Waals surface area contributed by atoms with Crippen LogP contribution in [0.15, 0.2) is 33.6 Å². The van der Waals surface area contributed by atoms with Crippen LogP contribution < -0.4 is 10.0 Å². The molecular formula is C15H22N4O3S. The van der Waals surface area contributed by atoms with Crippen LogP contribution in [0.25, 0.3) is 0 Å². The number of rotatable bonds is 7. The van der Waals surface area contributed by atoms with E-state index in [4.69, 9.17) is 4.42 Å². The van der Waals surface area contributed by atoms with Crippen molar-refractivity contribution in [2.75, 3.05) is 7.05 Å². The van der Waals surface area contributed by atoms with Crippen LogP contribution in [0.5, 0.6) is 0 Å². The maximum Gasteiger partial charge on any atom is 0.240 e. The van der Waals surface area contributed by atoms with Crippen molar-refractivity contribution in [1.29, 1.82) is 0 Å². The molecule has 1 heterocycles. The van der Waals surface area contributed by atoms with E-state index >= 15 is 0 Å². The Balaban J connectivity index is 2.07. The first kappa shape index (κ1) is 17.6. The second-order valence-corrected chi connectivity index (χ2v) is 7.16. The third-order valence-corrected chi connectivity index (χ3v) is 5.04. The van der Waals surface area contributed by atoms with Gasteiger partial charge in [-0.05, 0) is 38.6 Å². The number of aryl methyl sites for hydroxylation is 1. The number of nitrogens with zero attached hydrogens (tertiary/aromatic N) is 2. The molecule has 0 aliphatic heterocycles. The van der Waals surface area contributed by atoms with Gasteiger partial charge in [-0.1, -0.05) is 19.1 Å². The monoisotopic (exact) mass is 338 g/mol. The lowest BCUT2D eigenvalue weighted by Gasteiger charge is -2.18. The van der Waals surface area contributed by atoms with Crippen LogP contribution in [-0.2, 0) is 16.4 Å². The smallest absolute Gasteiger partial charge is 0.240 e. The van der Waals surface area contributed by atoms with Gasteiger partial charge in [-0.25, -0.2) is 13.1 Å². The van der Waals surface area contributed by atoms with Crippen LogP contribution in [0.1, 0.15) is 50.2 Å². The van der Waals surface area contributed by atoms with Gasteiger partial charge in [-0.15, -0.1) is 10.2 Å². The Morgan fingerprint density at radius 1 is 1.13 bits per heavy atom. The molecule has 126 valence electrons. The lowest BCUT2D eigenvalue weighted by molar-refractivity contribution is 0.374. The van der Waals surface area contributed by atoms with E-state index in [9.17, 15) is 8.42 Å². The normalized spacial score (nSPS) is 14.6. The maximum atomic E-state index is 11.7. The highest BCUT2D eigenvalue weighted by atomic mass is 32.2. The van der Waals surface area contributed by atoms with E-state index in [1.807, 2.05) is 20.8 Å². The molecule has 0 aliphatic carbocycles. The quantitative estimate of drug-likeness (QED) is 0.801. The van der Waals surface area contributed by atoms with Gasteiger partial charge in [0.2, 0.25) is 21.8 Å². The van der Waals surface area contributed by atoms with Crippen molar-refractivity contribution < 1.29 is 12.8 Å². The first-order valence-corrected chi connectivity index (χ1v) is 8.97. The molecule has 0 saturated carbocycles. The van der Waals surface area contributed by atoms with Gasteiger partial charge in [-0.2, -0.15) is 0 Å². The number of aromatic nitrogens is 2. The molecule has 0 unspecified atom stereocenters. The molecule has 0 saturated heterocycles. The van der Waals surface area contributed by atoms with Gasteiger partial charge >= 0.3 is 0 Å². The Morgan fingerprint density at radius 2 is 1.78 bits per heavy atom. The molecule has 0 bridgehead atoms. The third-order valence-electron chi connectivity index (χ3n) is 3.61. The van der Waals surface area contributed by atoms with Gasteiger partial charge < -0.3 is 4.42 Å². The van der Waals surface area contributed by atoms with Crippen molar-refractivity contribution in [3.8, 4) is 0 Å². The van der Waals surface area contributed by atoms with Gasteiger partial charge in [0.25, 0.3) is 0 Å². The van der Waals surface area contributed by atoms with Crippen LogP contribution in [0, 0.1) is 0 Å². The fraction of sp³-hybridized carbons (Fsp3) is 0.467. The van der Waals surface area contributed by atoms with Crippen molar-refractivity contribution in [2.24, 2.45) is 0 Å². The summed E-state index contributed by atoms with van der Waals surface area (Å²) in [5.41, 5.74) is 0.974. The van der Waals surface area contributed by atoms with Crippen LogP contribution in [0.3, 0.4) is 0 Å². The average Bonchev–Trinajstić information content (AvgIpc) is 3.04. The zero-order valence-corrected chi connectivity index (χ0v) is 14.5. The second-order valence-electron chi connectivity index (χ2n) is 5.27. The van der Waals surface area contributed by atoms with Gasteiger partial charge in [0.05, 0.1) is 10.9 Å². The summed E-state index contributed by atoms with van der Waals surface area (Å²) in [5, 5.41) is 11.3. The fourth-order valence-electron chi connectivity index (χ4n) is 2.18. The van der Waals surface area contributed by atoms with Gasteiger partial charge in [-0.3, -0.25) is 5.32 Å². The van der Waals surface area contributed by atoms with E-state index < -0.39 is 10.0 Å². The van der Waals surface area contributed by atoms with Crippen molar-refractivity contribution in [3.05, 3.63) is 41.6 Å². The Bertz CT molecular complexity index is 740. The summed E-state index contributed by atoms with van der Waals surface area (Å²) < 4.78 is 31.3. The summed E-state index contributed by atoms with van der Waals surface area (Å²) in [6, 6.07) is 6.67. The number of nitrogens with one attached hydrogen (secondary N) is 2. The molecule has 7 nitrogen and oxygen atoms in total. The van der Waals surface area contributed by atoms with Crippen LogP contribution in [0.2, 0.25) is 0 Å². The van der Waals surface area contributed by atoms with E-state index in [-0.39, 0.29) is 17.0 Å². The summed E-state index contributed by atoms with van der Waals surface area (Å²) in [7, 11) is -2.02. The topological polar surface area (TPSA) is 97.1 Å².